The number of methoxy groups -OCH3 is 1. The first-order chi connectivity index (χ1) is 8.58. The number of furan rings is 1. The number of halogens is 1. The van der Waals surface area contributed by atoms with Gasteiger partial charge in [0.1, 0.15) is 17.4 Å². The van der Waals surface area contributed by atoms with Crippen LogP contribution in [-0.4, -0.2) is 7.11 Å². The quantitative estimate of drug-likeness (QED) is 0.884. The molecule has 1 aromatic heterocycles. The molecule has 0 aliphatic heterocycles. The number of hydrogen-bond acceptors (Lipinski definition) is 4. The van der Waals surface area contributed by atoms with E-state index in [-0.39, 0.29) is 17.2 Å². The molecule has 0 radical (unpaired) electrons. The average Bonchev–Trinajstić information content (AvgIpc) is 2.63. The second kappa shape index (κ2) is 4.41. The van der Waals surface area contributed by atoms with Gasteiger partial charge in [-0.3, -0.25) is 0 Å². The second-order valence-electron chi connectivity index (χ2n) is 3.73. The third kappa shape index (κ3) is 1.78. The van der Waals surface area contributed by atoms with E-state index < -0.39 is 5.82 Å². The Hall–Kier alpha value is -2.48. The fourth-order valence-corrected chi connectivity index (χ4v) is 1.85. The molecule has 0 saturated heterocycles. The van der Waals surface area contributed by atoms with Crippen molar-refractivity contribution < 1.29 is 13.5 Å². The summed E-state index contributed by atoms with van der Waals surface area (Å²) in [5.41, 5.74) is 6.84. The molecule has 0 unspecified atom stereocenters. The van der Waals surface area contributed by atoms with E-state index >= 15 is 0 Å². The number of nitrogens with two attached hydrogens (primary N) is 1. The van der Waals surface area contributed by atoms with Crippen LogP contribution in [0.1, 0.15) is 11.3 Å². The topological polar surface area (TPSA) is 72.2 Å². The number of nitriles is 1. The van der Waals surface area contributed by atoms with E-state index in [0.29, 0.717) is 16.9 Å². The summed E-state index contributed by atoms with van der Waals surface area (Å²) in [5.74, 6) is 0.166. The van der Waals surface area contributed by atoms with E-state index in [2.05, 4.69) is 0 Å². The van der Waals surface area contributed by atoms with Crippen molar-refractivity contribution in [3.05, 3.63) is 35.3 Å². The van der Waals surface area contributed by atoms with Crippen molar-refractivity contribution >= 4 is 5.88 Å². The van der Waals surface area contributed by atoms with Crippen LogP contribution in [0.25, 0.3) is 11.1 Å². The molecular weight excluding hydrogens is 235 g/mol. The zero-order valence-corrected chi connectivity index (χ0v) is 9.95. The number of anilines is 1. The summed E-state index contributed by atoms with van der Waals surface area (Å²) in [5, 5.41) is 9.04. The fraction of sp³-hybridized carbons (Fsp3) is 0.154. The van der Waals surface area contributed by atoms with Gasteiger partial charge in [0.05, 0.1) is 7.11 Å². The Morgan fingerprint density at radius 2 is 2.17 bits per heavy atom. The van der Waals surface area contributed by atoms with Gasteiger partial charge in [-0.15, -0.1) is 0 Å². The normalized spacial score (nSPS) is 10.1. The van der Waals surface area contributed by atoms with Crippen LogP contribution in [0.3, 0.4) is 0 Å². The smallest absolute Gasteiger partial charge is 0.209 e. The fourth-order valence-electron chi connectivity index (χ4n) is 1.85. The molecule has 2 N–H and O–H groups in total. The summed E-state index contributed by atoms with van der Waals surface area (Å²) in [6.07, 6.45) is 0. The van der Waals surface area contributed by atoms with Gasteiger partial charge in [0.25, 0.3) is 0 Å². The van der Waals surface area contributed by atoms with Crippen molar-refractivity contribution in [2.24, 2.45) is 0 Å². The monoisotopic (exact) mass is 246 g/mol. The number of nitrogens with zero attached hydrogens (tertiary/aromatic N) is 1. The van der Waals surface area contributed by atoms with E-state index in [1.807, 2.05) is 6.07 Å². The molecule has 0 amide bonds. The molecule has 0 aliphatic carbocycles. The molecule has 2 aromatic rings. The molecule has 1 aromatic carbocycles. The summed E-state index contributed by atoms with van der Waals surface area (Å²) in [6, 6.07) is 6.39. The van der Waals surface area contributed by atoms with Crippen LogP contribution in [0.15, 0.2) is 22.6 Å². The number of ether oxygens (including phenoxy) is 1. The minimum Gasteiger partial charge on any atom is -0.494 e. The highest BCUT2D eigenvalue weighted by molar-refractivity contribution is 5.77. The van der Waals surface area contributed by atoms with Crippen LogP contribution < -0.4 is 10.5 Å². The molecule has 1 heterocycles. The van der Waals surface area contributed by atoms with Gasteiger partial charge in [-0.25, -0.2) is 4.39 Å². The van der Waals surface area contributed by atoms with Crippen molar-refractivity contribution in [1.29, 1.82) is 5.26 Å². The van der Waals surface area contributed by atoms with Gasteiger partial charge in [0, 0.05) is 5.56 Å². The SMILES string of the molecule is COc1ccc(-c2c(C)oc(N)c2C#N)cc1F. The summed E-state index contributed by atoms with van der Waals surface area (Å²) >= 11 is 0. The predicted molar refractivity (Wildman–Crippen MR) is 64.5 cm³/mol. The van der Waals surface area contributed by atoms with Crippen LogP contribution in [0.2, 0.25) is 0 Å². The Kier molecular flexibility index (Phi) is 2.94. The van der Waals surface area contributed by atoms with Crippen molar-refractivity contribution in [2.75, 3.05) is 12.8 Å². The van der Waals surface area contributed by atoms with Crippen LogP contribution in [0, 0.1) is 24.1 Å². The molecule has 0 fully saturated rings. The molecule has 0 spiro atoms. The van der Waals surface area contributed by atoms with E-state index in [1.54, 1.807) is 13.0 Å². The van der Waals surface area contributed by atoms with E-state index in [9.17, 15) is 4.39 Å². The zero-order chi connectivity index (χ0) is 13.3. The molecule has 2 rings (SSSR count). The maximum Gasteiger partial charge on any atom is 0.209 e. The Morgan fingerprint density at radius 1 is 1.44 bits per heavy atom. The summed E-state index contributed by atoms with van der Waals surface area (Å²) in [6.45, 7) is 1.68. The van der Waals surface area contributed by atoms with Gasteiger partial charge >= 0.3 is 0 Å². The minimum atomic E-state index is -0.502. The number of benzene rings is 1. The van der Waals surface area contributed by atoms with Crippen LogP contribution in [0.4, 0.5) is 10.3 Å². The van der Waals surface area contributed by atoms with Crippen molar-refractivity contribution in [3.63, 3.8) is 0 Å². The van der Waals surface area contributed by atoms with Crippen molar-refractivity contribution in [2.45, 2.75) is 6.92 Å². The summed E-state index contributed by atoms with van der Waals surface area (Å²) in [4.78, 5) is 0. The van der Waals surface area contributed by atoms with Crippen molar-refractivity contribution in [3.8, 4) is 22.9 Å². The predicted octanol–water partition coefficient (Wildman–Crippen LogP) is 2.86. The summed E-state index contributed by atoms with van der Waals surface area (Å²) < 4.78 is 23.7. The van der Waals surface area contributed by atoms with Gasteiger partial charge in [-0.1, -0.05) is 6.07 Å². The van der Waals surface area contributed by atoms with Crippen LogP contribution in [-0.2, 0) is 0 Å². The van der Waals surface area contributed by atoms with Gasteiger partial charge in [-0.2, -0.15) is 5.26 Å². The number of hydrogen-bond donors (Lipinski definition) is 1. The largest absolute Gasteiger partial charge is 0.494 e. The standard InChI is InChI=1S/C13H11FN2O2/c1-7-12(9(6-15)13(16)18-7)8-3-4-11(17-2)10(14)5-8/h3-5H,16H2,1-2H3. The Bertz CT molecular complexity index is 641. The molecule has 0 aliphatic rings. The van der Waals surface area contributed by atoms with E-state index in [4.69, 9.17) is 20.1 Å². The lowest BCUT2D eigenvalue weighted by atomic mass is 10.0. The number of aryl methyl sites for hydroxylation is 1. The third-order valence-corrected chi connectivity index (χ3v) is 2.66. The molecule has 18 heavy (non-hydrogen) atoms. The molecule has 0 bridgehead atoms. The first-order valence-electron chi connectivity index (χ1n) is 5.21. The van der Waals surface area contributed by atoms with Gasteiger partial charge in [-0.05, 0) is 24.6 Å². The molecule has 0 atom stereocenters. The number of rotatable bonds is 2. The first-order valence-corrected chi connectivity index (χ1v) is 5.21. The maximum atomic E-state index is 13.6. The van der Waals surface area contributed by atoms with Gasteiger partial charge in [0.2, 0.25) is 5.88 Å². The number of nitrogen functional groups attached to an aromatic ring is 1. The Labute approximate surface area is 103 Å². The van der Waals surface area contributed by atoms with E-state index in [0.717, 1.165) is 0 Å². The van der Waals surface area contributed by atoms with Crippen LogP contribution >= 0.6 is 0 Å². The molecule has 5 heteroatoms. The molecule has 92 valence electrons. The lowest BCUT2D eigenvalue weighted by Gasteiger charge is -2.04. The molecule has 4 nitrogen and oxygen atoms in total. The van der Waals surface area contributed by atoms with Gasteiger partial charge < -0.3 is 14.9 Å². The Morgan fingerprint density at radius 3 is 2.72 bits per heavy atom. The second-order valence-corrected chi connectivity index (χ2v) is 3.73. The molecular formula is C13H11FN2O2. The minimum absolute atomic E-state index is 0.0428. The highest BCUT2D eigenvalue weighted by atomic mass is 19.1. The van der Waals surface area contributed by atoms with E-state index in [1.165, 1.54) is 19.2 Å². The Balaban J connectivity index is 2.63. The molecule has 0 saturated carbocycles. The van der Waals surface area contributed by atoms with Crippen LogP contribution in [0.5, 0.6) is 5.75 Å². The average molecular weight is 246 g/mol. The third-order valence-electron chi connectivity index (χ3n) is 2.66. The lowest BCUT2D eigenvalue weighted by molar-refractivity contribution is 0.386. The van der Waals surface area contributed by atoms with Gasteiger partial charge in [0.15, 0.2) is 11.6 Å². The lowest BCUT2D eigenvalue weighted by Crippen LogP contribution is -1.90. The zero-order valence-electron chi connectivity index (χ0n) is 9.95. The highest BCUT2D eigenvalue weighted by Crippen LogP contribution is 2.35. The first kappa shape index (κ1) is 12.0. The van der Waals surface area contributed by atoms with Crippen molar-refractivity contribution in [1.82, 2.24) is 0 Å². The summed E-state index contributed by atoms with van der Waals surface area (Å²) in [7, 11) is 1.39. The maximum absolute atomic E-state index is 13.6. The highest BCUT2D eigenvalue weighted by Gasteiger charge is 2.18.